The molecular formula is C16H20Cl2N2O5. The van der Waals surface area contributed by atoms with Gasteiger partial charge in [-0.05, 0) is 38.5 Å². The Morgan fingerprint density at radius 1 is 1.20 bits per heavy atom. The molecule has 0 fully saturated rings. The van der Waals surface area contributed by atoms with E-state index in [1.807, 2.05) is 5.32 Å². The number of carbonyl (C=O) groups is 3. The Balaban J connectivity index is 2.18. The molecule has 0 saturated heterocycles. The van der Waals surface area contributed by atoms with Gasteiger partial charge in [0.15, 0.2) is 6.61 Å². The number of esters is 1. The zero-order valence-corrected chi connectivity index (χ0v) is 15.4. The number of halogens is 2. The molecule has 138 valence electrons. The number of benzene rings is 1. The highest BCUT2D eigenvalue weighted by Crippen LogP contribution is 2.27. The average Bonchev–Trinajstić information content (AvgIpc) is 2.50. The van der Waals surface area contributed by atoms with Gasteiger partial charge >= 0.3 is 12.0 Å². The normalized spacial score (nSPS) is 10.3. The number of rotatable bonds is 8. The van der Waals surface area contributed by atoms with Gasteiger partial charge in [0.2, 0.25) is 0 Å². The summed E-state index contributed by atoms with van der Waals surface area (Å²) in [6.45, 7) is 3.24. The lowest BCUT2D eigenvalue weighted by Gasteiger charge is -2.10. The van der Waals surface area contributed by atoms with Crippen molar-refractivity contribution in [2.45, 2.75) is 32.7 Å². The van der Waals surface area contributed by atoms with Crippen LogP contribution in [0.1, 0.15) is 26.7 Å². The molecule has 0 aromatic heterocycles. The topological polar surface area (TPSA) is 93.7 Å². The van der Waals surface area contributed by atoms with Crippen LogP contribution < -0.4 is 15.4 Å². The van der Waals surface area contributed by atoms with Gasteiger partial charge in [-0.1, -0.05) is 23.2 Å². The minimum absolute atomic E-state index is 0.0662. The van der Waals surface area contributed by atoms with Gasteiger partial charge in [0.05, 0.1) is 11.6 Å². The average molecular weight is 391 g/mol. The quantitative estimate of drug-likeness (QED) is 0.525. The predicted molar refractivity (Wildman–Crippen MR) is 94.0 cm³/mol. The van der Waals surface area contributed by atoms with E-state index in [0.29, 0.717) is 22.2 Å². The Morgan fingerprint density at radius 3 is 2.56 bits per heavy atom. The molecule has 0 atom stereocenters. The van der Waals surface area contributed by atoms with E-state index in [-0.39, 0.29) is 19.1 Å². The number of urea groups is 1. The summed E-state index contributed by atoms with van der Waals surface area (Å²) >= 11 is 11.7. The van der Waals surface area contributed by atoms with Crippen molar-refractivity contribution in [2.24, 2.45) is 0 Å². The zero-order chi connectivity index (χ0) is 18.8. The van der Waals surface area contributed by atoms with Crippen LogP contribution in [0.15, 0.2) is 18.2 Å². The molecule has 0 saturated carbocycles. The van der Waals surface area contributed by atoms with Gasteiger partial charge in [-0.2, -0.15) is 0 Å². The first-order chi connectivity index (χ1) is 11.8. The maximum absolute atomic E-state index is 11.5. The summed E-state index contributed by atoms with van der Waals surface area (Å²) in [5.41, 5.74) is 0. The molecule has 1 rings (SSSR count). The Labute approximate surface area is 155 Å². The maximum atomic E-state index is 11.5. The minimum atomic E-state index is -0.698. The fourth-order valence-electron chi connectivity index (χ4n) is 1.67. The molecule has 3 amide bonds. The van der Waals surface area contributed by atoms with Crippen LogP contribution in [0.25, 0.3) is 0 Å². The standard InChI is InChI=1S/C16H20Cl2N2O5/c1-10(2)19-16(23)20-14(21)9-25-15(22)4-3-7-24-13-6-5-11(17)8-12(13)18/h5-6,8,10H,3-4,7,9H2,1-2H3,(H2,19,20,21,23). The van der Waals surface area contributed by atoms with Crippen molar-refractivity contribution in [1.29, 1.82) is 0 Å². The minimum Gasteiger partial charge on any atom is -0.492 e. The number of carbonyl (C=O) groups excluding carboxylic acids is 3. The summed E-state index contributed by atoms with van der Waals surface area (Å²) in [5, 5.41) is 5.41. The Bertz CT molecular complexity index is 623. The predicted octanol–water partition coefficient (Wildman–Crippen LogP) is 2.93. The summed E-state index contributed by atoms with van der Waals surface area (Å²) in [4.78, 5) is 34.2. The number of imide groups is 1. The molecular weight excluding hydrogens is 371 g/mol. The summed E-state index contributed by atoms with van der Waals surface area (Å²) in [7, 11) is 0. The fourth-order valence-corrected chi connectivity index (χ4v) is 2.13. The molecule has 1 aromatic carbocycles. The van der Waals surface area contributed by atoms with Crippen LogP contribution in [0.2, 0.25) is 10.0 Å². The third-order valence-electron chi connectivity index (χ3n) is 2.71. The summed E-state index contributed by atoms with van der Waals surface area (Å²) in [6.07, 6.45) is 0.448. The van der Waals surface area contributed by atoms with Gasteiger partial charge < -0.3 is 14.8 Å². The third kappa shape index (κ3) is 9.16. The lowest BCUT2D eigenvalue weighted by molar-refractivity contribution is -0.148. The smallest absolute Gasteiger partial charge is 0.321 e. The second-order valence-electron chi connectivity index (χ2n) is 5.36. The number of nitrogens with one attached hydrogen (secondary N) is 2. The van der Waals surface area contributed by atoms with Crippen molar-refractivity contribution in [3.63, 3.8) is 0 Å². The van der Waals surface area contributed by atoms with Crippen LogP contribution in [0.5, 0.6) is 5.75 Å². The largest absolute Gasteiger partial charge is 0.492 e. The SMILES string of the molecule is CC(C)NC(=O)NC(=O)COC(=O)CCCOc1ccc(Cl)cc1Cl. The molecule has 0 radical (unpaired) electrons. The lowest BCUT2D eigenvalue weighted by atomic mass is 10.3. The van der Waals surface area contributed by atoms with Crippen LogP contribution in [0.3, 0.4) is 0 Å². The first-order valence-electron chi connectivity index (χ1n) is 7.61. The molecule has 0 spiro atoms. The van der Waals surface area contributed by atoms with E-state index in [9.17, 15) is 14.4 Å². The molecule has 0 aliphatic rings. The molecule has 7 nitrogen and oxygen atoms in total. The van der Waals surface area contributed by atoms with Crippen LogP contribution in [-0.2, 0) is 14.3 Å². The van der Waals surface area contributed by atoms with Gasteiger partial charge in [0, 0.05) is 17.5 Å². The molecule has 0 aliphatic carbocycles. The van der Waals surface area contributed by atoms with E-state index in [4.69, 9.17) is 32.7 Å². The molecule has 25 heavy (non-hydrogen) atoms. The lowest BCUT2D eigenvalue weighted by Crippen LogP contribution is -2.44. The zero-order valence-electron chi connectivity index (χ0n) is 13.9. The van der Waals surface area contributed by atoms with Gasteiger partial charge in [0.25, 0.3) is 5.91 Å². The maximum Gasteiger partial charge on any atom is 0.321 e. The highest BCUT2D eigenvalue weighted by Gasteiger charge is 2.11. The monoisotopic (exact) mass is 390 g/mol. The molecule has 0 unspecified atom stereocenters. The second-order valence-corrected chi connectivity index (χ2v) is 6.21. The van der Waals surface area contributed by atoms with Crippen molar-refractivity contribution < 1.29 is 23.9 Å². The van der Waals surface area contributed by atoms with E-state index < -0.39 is 24.5 Å². The van der Waals surface area contributed by atoms with Gasteiger partial charge in [-0.3, -0.25) is 14.9 Å². The second kappa shape index (κ2) is 10.8. The van der Waals surface area contributed by atoms with E-state index in [1.54, 1.807) is 32.0 Å². The van der Waals surface area contributed by atoms with Crippen molar-refractivity contribution in [1.82, 2.24) is 10.6 Å². The van der Waals surface area contributed by atoms with E-state index in [1.165, 1.54) is 0 Å². The van der Waals surface area contributed by atoms with Gasteiger partial charge in [-0.25, -0.2) is 4.79 Å². The number of hydrogen-bond donors (Lipinski definition) is 2. The van der Waals surface area contributed by atoms with E-state index in [0.717, 1.165) is 0 Å². The highest BCUT2D eigenvalue weighted by molar-refractivity contribution is 6.35. The molecule has 1 aromatic rings. The molecule has 0 heterocycles. The Morgan fingerprint density at radius 2 is 1.92 bits per heavy atom. The van der Waals surface area contributed by atoms with E-state index in [2.05, 4.69) is 5.32 Å². The number of ether oxygens (including phenoxy) is 2. The summed E-state index contributed by atoms with van der Waals surface area (Å²) in [5.74, 6) is -0.795. The van der Waals surface area contributed by atoms with Crippen LogP contribution >= 0.6 is 23.2 Å². The van der Waals surface area contributed by atoms with Gasteiger partial charge in [-0.15, -0.1) is 0 Å². The number of hydrogen-bond acceptors (Lipinski definition) is 5. The molecule has 0 aliphatic heterocycles. The third-order valence-corrected chi connectivity index (χ3v) is 3.24. The highest BCUT2D eigenvalue weighted by atomic mass is 35.5. The van der Waals surface area contributed by atoms with Crippen molar-refractivity contribution in [2.75, 3.05) is 13.2 Å². The summed E-state index contributed by atoms with van der Waals surface area (Å²) < 4.78 is 10.2. The van der Waals surface area contributed by atoms with Gasteiger partial charge in [0.1, 0.15) is 5.75 Å². The molecule has 2 N–H and O–H groups in total. The summed E-state index contributed by atoms with van der Waals surface area (Å²) in [6, 6.07) is 4.09. The van der Waals surface area contributed by atoms with Crippen molar-refractivity contribution >= 4 is 41.1 Å². The van der Waals surface area contributed by atoms with Crippen molar-refractivity contribution in [3.8, 4) is 5.75 Å². The Hall–Kier alpha value is -1.99. The van der Waals surface area contributed by atoms with Crippen LogP contribution in [0.4, 0.5) is 4.79 Å². The number of amides is 3. The van der Waals surface area contributed by atoms with E-state index >= 15 is 0 Å². The first-order valence-corrected chi connectivity index (χ1v) is 8.37. The van der Waals surface area contributed by atoms with Crippen molar-refractivity contribution in [3.05, 3.63) is 28.2 Å². The Kier molecular flexibility index (Phi) is 9.08. The van der Waals surface area contributed by atoms with Crippen LogP contribution in [0, 0.1) is 0 Å². The molecule has 9 heteroatoms. The fraction of sp³-hybridized carbons (Fsp3) is 0.438. The molecule has 0 bridgehead atoms. The van der Waals surface area contributed by atoms with Crippen LogP contribution in [-0.4, -0.2) is 37.2 Å². The first kappa shape index (κ1) is 21.1.